The lowest BCUT2D eigenvalue weighted by molar-refractivity contribution is 0.104. The normalized spacial score (nSPS) is 13.1. The van der Waals surface area contributed by atoms with Crippen molar-refractivity contribution >= 4 is 11.9 Å². The van der Waals surface area contributed by atoms with Gasteiger partial charge in [-0.15, -0.1) is 0 Å². The zero-order valence-electron chi connectivity index (χ0n) is 11.7. The Labute approximate surface area is 127 Å². The minimum Gasteiger partial charge on any atom is -0.454 e. The third-order valence-corrected chi connectivity index (χ3v) is 3.17. The van der Waals surface area contributed by atoms with Crippen molar-refractivity contribution in [3.8, 4) is 11.5 Å². The molecule has 1 aliphatic rings. The first-order chi connectivity index (χ1) is 10.7. The number of hydrogen-bond acceptors (Lipinski definition) is 3. The van der Waals surface area contributed by atoms with E-state index in [4.69, 9.17) is 9.47 Å². The van der Waals surface area contributed by atoms with E-state index in [0.29, 0.717) is 11.3 Å². The fourth-order valence-electron chi connectivity index (χ4n) is 2.04. The molecule has 3 nitrogen and oxygen atoms in total. The van der Waals surface area contributed by atoms with Crippen molar-refractivity contribution in [3.05, 3.63) is 77.6 Å². The number of carbonyl (C=O) groups is 1. The molecule has 0 spiro atoms. The lowest BCUT2D eigenvalue weighted by Gasteiger charge is -1.97. The fraction of sp³-hybridized carbons (Fsp3) is 0.0556. The first-order valence-electron chi connectivity index (χ1n) is 6.77. The zero-order valence-corrected chi connectivity index (χ0v) is 11.7. The molecule has 0 radical (unpaired) electrons. The van der Waals surface area contributed by atoms with Crippen LogP contribution in [-0.4, -0.2) is 12.6 Å². The number of carbonyl (C=O) groups excluding carboxylic acids is 1. The van der Waals surface area contributed by atoms with Gasteiger partial charge in [-0.05, 0) is 48.0 Å². The van der Waals surface area contributed by atoms with Crippen LogP contribution in [0.2, 0.25) is 0 Å². The molecule has 2 aromatic rings. The number of rotatable bonds is 4. The van der Waals surface area contributed by atoms with Gasteiger partial charge in [-0.1, -0.05) is 24.3 Å². The van der Waals surface area contributed by atoms with Gasteiger partial charge in [0.15, 0.2) is 17.3 Å². The summed E-state index contributed by atoms with van der Waals surface area (Å²) in [5.74, 6) is 0.922. The Morgan fingerprint density at radius 2 is 1.77 bits per heavy atom. The first-order valence-corrected chi connectivity index (χ1v) is 6.77. The number of ether oxygens (including phenoxy) is 2. The molecule has 2 aromatic carbocycles. The predicted octanol–water partition coefficient (Wildman–Crippen LogP) is 4.01. The van der Waals surface area contributed by atoms with Crippen molar-refractivity contribution in [2.45, 2.75) is 0 Å². The van der Waals surface area contributed by atoms with Crippen LogP contribution in [0.1, 0.15) is 15.9 Å². The third-order valence-electron chi connectivity index (χ3n) is 3.17. The highest BCUT2D eigenvalue weighted by atomic mass is 19.1. The molecule has 0 saturated heterocycles. The van der Waals surface area contributed by atoms with Gasteiger partial charge < -0.3 is 9.47 Å². The number of ketones is 1. The van der Waals surface area contributed by atoms with Gasteiger partial charge in [0.05, 0.1) is 0 Å². The molecule has 1 heterocycles. The highest BCUT2D eigenvalue weighted by molar-refractivity contribution is 6.04. The molecule has 0 fully saturated rings. The maximum absolute atomic E-state index is 12.8. The molecule has 1 aliphatic heterocycles. The fourth-order valence-corrected chi connectivity index (χ4v) is 2.04. The van der Waals surface area contributed by atoms with Gasteiger partial charge in [0.25, 0.3) is 0 Å². The van der Waals surface area contributed by atoms with Crippen LogP contribution in [0.4, 0.5) is 4.39 Å². The van der Waals surface area contributed by atoms with E-state index < -0.39 is 0 Å². The number of allylic oxidation sites excluding steroid dienone is 3. The van der Waals surface area contributed by atoms with E-state index in [0.717, 1.165) is 11.3 Å². The average molecular weight is 296 g/mol. The quantitative estimate of drug-likeness (QED) is 0.486. The second-order valence-electron chi connectivity index (χ2n) is 4.70. The maximum atomic E-state index is 12.8. The van der Waals surface area contributed by atoms with Crippen molar-refractivity contribution in [1.29, 1.82) is 0 Å². The lowest BCUT2D eigenvalue weighted by atomic mass is 10.1. The van der Waals surface area contributed by atoms with Gasteiger partial charge in [-0.25, -0.2) is 4.39 Å². The Hall–Kier alpha value is -2.88. The van der Waals surface area contributed by atoms with Crippen LogP contribution < -0.4 is 9.47 Å². The van der Waals surface area contributed by atoms with E-state index in [1.807, 2.05) is 24.3 Å². The highest BCUT2D eigenvalue weighted by Gasteiger charge is 2.11. The molecule has 0 amide bonds. The molecule has 3 rings (SSSR count). The Morgan fingerprint density at radius 1 is 1.00 bits per heavy atom. The summed E-state index contributed by atoms with van der Waals surface area (Å²) in [6.45, 7) is 0.245. The third kappa shape index (κ3) is 3.23. The van der Waals surface area contributed by atoms with E-state index in [9.17, 15) is 9.18 Å². The van der Waals surface area contributed by atoms with Crippen molar-refractivity contribution in [2.24, 2.45) is 0 Å². The van der Waals surface area contributed by atoms with E-state index in [1.165, 1.54) is 30.3 Å². The van der Waals surface area contributed by atoms with Gasteiger partial charge >= 0.3 is 0 Å². The predicted molar refractivity (Wildman–Crippen MR) is 81.5 cm³/mol. The molecule has 4 heteroatoms. The standard InChI is InChI=1S/C18H13FO3/c19-15-8-6-14(7-9-15)16(20)4-2-1-3-13-5-10-17-18(11-13)22-12-21-17/h1-11H,12H2/b3-1+,4-2+. The van der Waals surface area contributed by atoms with Gasteiger partial charge in [0, 0.05) is 5.56 Å². The lowest BCUT2D eigenvalue weighted by Crippen LogP contribution is -1.93. The smallest absolute Gasteiger partial charge is 0.231 e. The second-order valence-corrected chi connectivity index (χ2v) is 4.70. The highest BCUT2D eigenvalue weighted by Crippen LogP contribution is 2.32. The van der Waals surface area contributed by atoms with Crippen molar-refractivity contribution < 1.29 is 18.7 Å². The van der Waals surface area contributed by atoms with Gasteiger partial charge in [0.1, 0.15) is 5.82 Å². The second kappa shape index (κ2) is 6.26. The van der Waals surface area contributed by atoms with E-state index in [-0.39, 0.29) is 18.4 Å². The maximum Gasteiger partial charge on any atom is 0.231 e. The molecule has 0 aromatic heterocycles. The summed E-state index contributed by atoms with van der Waals surface area (Å²) >= 11 is 0. The van der Waals surface area contributed by atoms with Crippen LogP contribution in [0, 0.1) is 5.82 Å². The molecular formula is C18H13FO3. The summed E-state index contributed by atoms with van der Waals surface area (Å²) in [7, 11) is 0. The summed E-state index contributed by atoms with van der Waals surface area (Å²) in [6.07, 6.45) is 6.71. The van der Waals surface area contributed by atoms with Crippen LogP contribution >= 0.6 is 0 Å². The molecule has 110 valence electrons. The van der Waals surface area contributed by atoms with Crippen LogP contribution in [0.15, 0.2) is 60.7 Å². The molecule has 0 N–H and O–H groups in total. The molecule has 0 atom stereocenters. The van der Waals surface area contributed by atoms with Crippen LogP contribution in [0.5, 0.6) is 11.5 Å². The van der Waals surface area contributed by atoms with E-state index >= 15 is 0 Å². The van der Waals surface area contributed by atoms with E-state index in [1.54, 1.807) is 12.2 Å². The Balaban J connectivity index is 1.64. The topological polar surface area (TPSA) is 35.5 Å². The summed E-state index contributed by atoms with van der Waals surface area (Å²) < 4.78 is 23.3. The SMILES string of the molecule is O=C(/C=C/C=C/c1ccc2c(c1)OCO2)c1ccc(F)cc1. The molecular weight excluding hydrogens is 283 g/mol. The Kier molecular flexibility index (Phi) is 4.01. The minimum atomic E-state index is -0.358. The summed E-state index contributed by atoms with van der Waals surface area (Å²) in [6, 6.07) is 11.1. The first kappa shape index (κ1) is 14.1. The van der Waals surface area contributed by atoms with Crippen LogP contribution in [-0.2, 0) is 0 Å². The molecule has 22 heavy (non-hydrogen) atoms. The van der Waals surface area contributed by atoms with Gasteiger partial charge in [-0.2, -0.15) is 0 Å². The van der Waals surface area contributed by atoms with Crippen molar-refractivity contribution in [1.82, 2.24) is 0 Å². The number of fused-ring (bicyclic) bond motifs is 1. The Morgan fingerprint density at radius 3 is 2.59 bits per heavy atom. The monoisotopic (exact) mass is 296 g/mol. The van der Waals surface area contributed by atoms with Crippen LogP contribution in [0.3, 0.4) is 0 Å². The van der Waals surface area contributed by atoms with Gasteiger partial charge in [-0.3, -0.25) is 4.79 Å². The van der Waals surface area contributed by atoms with Crippen molar-refractivity contribution in [2.75, 3.05) is 6.79 Å². The molecule has 0 saturated carbocycles. The summed E-state index contributed by atoms with van der Waals surface area (Å²) in [4.78, 5) is 11.8. The minimum absolute atomic E-state index is 0.171. The van der Waals surface area contributed by atoms with Gasteiger partial charge in [0.2, 0.25) is 6.79 Å². The van der Waals surface area contributed by atoms with Crippen molar-refractivity contribution in [3.63, 3.8) is 0 Å². The number of hydrogen-bond donors (Lipinski definition) is 0. The summed E-state index contributed by atoms with van der Waals surface area (Å²) in [5.41, 5.74) is 1.40. The summed E-state index contributed by atoms with van der Waals surface area (Å²) in [5, 5.41) is 0. The largest absolute Gasteiger partial charge is 0.454 e. The number of benzene rings is 2. The number of halogens is 1. The Bertz CT molecular complexity index is 745. The molecule has 0 unspecified atom stereocenters. The van der Waals surface area contributed by atoms with Crippen LogP contribution in [0.25, 0.3) is 6.08 Å². The van der Waals surface area contributed by atoms with E-state index in [2.05, 4.69) is 0 Å². The molecule has 0 bridgehead atoms. The zero-order chi connectivity index (χ0) is 15.4. The average Bonchev–Trinajstić information content (AvgIpc) is 2.99. The molecule has 0 aliphatic carbocycles.